The maximum absolute atomic E-state index is 12.9. The average Bonchev–Trinajstić information content (AvgIpc) is 2.91. The maximum atomic E-state index is 12.9. The standard InChI is InChI=1S/C27H20ClF3N2O7S/c28-23-15-19(27(29,30)31)7-11-25(23)40-21-9-10-24(33(35)36)22(16-21)26(34)39-12-3-13-41(37,38)32-20-8-6-17-4-1-2-5-18(17)14-20/h1-2,4-11,14-16,32H,3,12-13H2. The molecule has 0 saturated carbocycles. The number of fused-ring (bicyclic) bond motifs is 1. The van der Waals surface area contributed by atoms with Gasteiger partial charge in [0.15, 0.2) is 0 Å². The molecule has 0 spiro atoms. The van der Waals surface area contributed by atoms with Crippen LogP contribution in [0.3, 0.4) is 0 Å². The number of ether oxygens (including phenoxy) is 2. The monoisotopic (exact) mass is 608 g/mol. The summed E-state index contributed by atoms with van der Waals surface area (Å²) >= 11 is 5.89. The Kier molecular flexibility index (Phi) is 8.69. The Hall–Kier alpha value is -4.36. The average molecular weight is 609 g/mol. The Bertz CT molecular complexity index is 1730. The van der Waals surface area contributed by atoms with E-state index in [1.54, 1.807) is 18.2 Å². The molecular formula is C27H20ClF3N2O7S. The van der Waals surface area contributed by atoms with Crippen molar-refractivity contribution in [1.29, 1.82) is 0 Å². The molecule has 0 aromatic heterocycles. The van der Waals surface area contributed by atoms with E-state index >= 15 is 0 Å². The number of carbonyl (C=O) groups excluding carboxylic acids is 1. The van der Waals surface area contributed by atoms with E-state index in [2.05, 4.69) is 4.72 Å². The predicted molar refractivity (Wildman–Crippen MR) is 146 cm³/mol. The summed E-state index contributed by atoms with van der Waals surface area (Å²) < 4.78 is 76.6. The van der Waals surface area contributed by atoms with E-state index in [0.717, 1.165) is 41.1 Å². The first-order valence-electron chi connectivity index (χ1n) is 11.8. The SMILES string of the molecule is O=C(OCCCS(=O)(=O)Nc1ccc2ccccc2c1)c1cc(Oc2ccc(C(F)(F)F)cc2Cl)ccc1[N+](=O)[O-]. The van der Waals surface area contributed by atoms with Gasteiger partial charge in [-0.3, -0.25) is 14.8 Å². The lowest BCUT2D eigenvalue weighted by atomic mass is 10.1. The molecule has 9 nitrogen and oxygen atoms in total. The molecule has 0 radical (unpaired) electrons. The summed E-state index contributed by atoms with van der Waals surface area (Å²) in [5, 5.41) is 12.8. The van der Waals surface area contributed by atoms with E-state index in [-0.39, 0.29) is 29.5 Å². The van der Waals surface area contributed by atoms with Gasteiger partial charge in [-0.15, -0.1) is 0 Å². The van der Waals surface area contributed by atoms with Crippen molar-refractivity contribution in [2.75, 3.05) is 17.1 Å². The summed E-state index contributed by atoms with van der Waals surface area (Å²) in [4.78, 5) is 23.2. The molecule has 0 atom stereocenters. The lowest BCUT2D eigenvalue weighted by molar-refractivity contribution is -0.385. The number of anilines is 1. The summed E-state index contributed by atoms with van der Waals surface area (Å²) in [6.45, 7) is -0.371. The van der Waals surface area contributed by atoms with Crippen molar-refractivity contribution in [2.45, 2.75) is 12.6 Å². The normalized spacial score (nSPS) is 11.7. The van der Waals surface area contributed by atoms with E-state index in [1.807, 2.05) is 24.3 Å². The highest BCUT2D eigenvalue weighted by Crippen LogP contribution is 2.37. The predicted octanol–water partition coefficient (Wildman–Crippen LogP) is 7.20. The largest absolute Gasteiger partial charge is 0.462 e. The van der Waals surface area contributed by atoms with Crippen molar-refractivity contribution < 1.29 is 40.8 Å². The molecule has 14 heteroatoms. The smallest absolute Gasteiger partial charge is 0.416 e. The summed E-state index contributed by atoms with van der Waals surface area (Å²) in [6.07, 6.45) is -4.74. The Morgan fingerprint density at radius 2 is 1.71 bits per heavy atom. The van der Waals surface area contributed by atoms with Crippen LogP contribution in [0, 0.1) is 10.1 Å². The number of benzene rings is 4. The number of nitro benzene ring substituents is 1. The minimum Gasteiger partial charge on any atom is -0.462 e. The van der Waals surface area contributed by atoms with Crippen LogP contribution in [-0.2, 0) is 20.9 Å². The number of sulfonamides is 1. The number of hydrogen-bond acceptors (Lipinski definition) is 7. The first-order chi connectivity index (χ1) is 19.3. The molecule has 0 bridgehead atoms. The van der Waals surface area contributed by atoms with Crippen molar-refractivity contribution in [2.24, 2.45) is 0 Å². The van der Waals surface area contributed by atoms with Gasteiger partial charge in [-0.1, -0.05) is 41.9 Å². The van der Waals surface area contributed by atoms with Gasteiger partial charge >= 0.3 is 12.1 Å². The van der Waals surface area contributed by atoms with Gasteiger partial charge in [0.1, 0.15) is 17.1 Å². The van der Waals surface area contributed by atoms with Crippen LogP contribution < -0.4 is 9.46 Å². The summed E-state index contributed by atoms with van der Waals surface area (Å²) in [5.74, 6) is -1.84. The van der Waals surface area contributed by atoms with E-state index in [1.165, 1.54) is 0 Å². The van der Waals surface area contributed by atoms with Gasteiger partial charge in [0.2, 0.25) is 10.0 Å². The van der Waals surface area contributed by atoms with Crippen molar-refractivity contribution in [1.82, 2.24) is 0 Å². The minimum atomic E-state index is -4.63. The van der Waals surface area contributed by atoms with Crippen LogP contribution in [0.5, 0.6) is 11.5 Å². The third-order valence-electron chi connectivity index (χ3n) is 5.69. The molecule has 41 heavy (non-hydrogen) atoms. The topological polar surface area (TPSA) is 125 Å². The number of esters is 1. The number of hydrogen-bond donors (Lipinski definition) is 1. The molecular weight excluding hydrogens is 589 g/mol. The number of alkyl halides is 3. The van der Waals surface area contributed by atoms with Crippen LogP contribution in [0.1, 0.15) is 22.3 Å². The zero-order valence-corrected chi connectivity index (χ0v) is 22.4. The fourth-order valence-corrected chi connectivity index (χ4v) is 5.07. The Balaban J connectivity index is 1.39. The third kappa shape index (κ3) is 7.64. The Morgan fingerprint density at radius 3 is 2.39 bits per heavy atom. The van der Waals surface area contributed by atoms with Crippen LogP contribution in [0.25, 0.3) is 10.8 Å². The highest BCUT2D eigenvalue weighted by Gasteiger charge is 2.31. The maximum Gasteiger partial charge on any atom is 0.416 e. The third-order valence-corrected chi connectivity index (χ3v) is 7.35. The van der Waals surface area contributed by atoms with E-state index < -0.39 is 49.7 Å². The summed E-state index contributed by atoms with van der Waals surface area (Å²) in [5.41, 5.74) is -1.77. The Labute approximate surface area is 236 Å². The molecule has 0 saturated heterocycles. The zero-order chi connectivity index (χ0) is 29.8. The molecule has 0 aliphatic rings. The number of nitrogens with zero attached hydrogens (tertiary/aromatic N) is 1. The highest BCUT2D eigenvalue weighted by molar-refractivity contribution is 7.92. The number of rotatable bonds is 10. The van der Waals surface area contributed by atoms with Gasteiger partial charge in [-0.25, -0.2) is 13.2 Å². The first-order valence-corrected chi connectivity index (χ1v) is 13.8. The summed E-state index contributed by atoms with van der Waals surface area (Å²) in [6, 6.07) is 17.9. The number of halogens is 4. The van der Waals surface area contributed by atoms with Gasteiger partial charge < -0.3 is 9.47 Å². The van der Waals surface area contributed by atoms with Gasteiger partial charge in [0.25, 0.3) is 5.69 Å². The summed E-state index contributed by atoms with van der Waals surface area (Å²) in [7, 11) is -3.80. The van der Waals surface area contributed by atoms with Crippen LogP contribution >= 0.6 is 11.6 Å². The second-order valence-electron chi connectivity index (χ2n) is 8.65. The van der Waals surface area contributed by atoms with Crippen LogP contribution in [0.15, 0.2) is 78.9 Å². The Morgan fingerprint density at radius 1 is 0.976 bits per heavy atom. The van der Waals surface area contributed by atoms with Crippen LogP contribution in [-0.4, -0.2) is 31.7 Å². The number of carbonyl (C=O) groups is 1. The van der Waals surface area contributed by atoms with Gasteiger partial charge in [0.05, 0.1) is 27.9 Å². The fourth-order valence-electron chi connectivity index (χ4n) is 3.76. The molecule has 0 aliphatic heterocycles. The van der Waals surface area contributed by atoms with Crippen LogP contribution in [0.2, 0.25) is 5.02 Å². The number of nitrogens with one attached hydrogen (secondary N) is 1. The minimum absolute atomic E-state index is 0.111. The second-order valence-corrected chi connectivity index (χ2v) is 10.9. The van der Waals surface area contributed by atoms with E-state index in [9.17, 15) is 36.5 Å². The molecule has 4 aromatic rings. The van der Waals surface area contributed by atoms with Gasteiger partial charge in [-0.2, -0.15) is 13.2 Å². The van der Waals surface area contributed by atoms with Crippen molar-refractivity contribution in [3.05, 3.63) is 105 Å². The number of nitro groups is 1. The molecule has 0 aliphatic carbocycles. The molecule has 214 valence electrons. The first kappa shape index (κ1) is 29.6. The van der Waals surface area contributed by atoms with Gasteiger partial charge in [0, 0.05) is 17.8 Å². The molecule has 1 N–H and O–H groups in total. The van der Waals surface area contributed by atoms with E-state index in [0.29, 0.717) is 11.8 Å². The lowest BCUT2D eigenvalue weighted by Gasteiger charge is -2.12. The zero-order valence-electron chi connectivity index (χ0n) is 20.9. The molecule has 0 unspecified atom stereocenters. The molecule has 4 aromatic carbocycles. The quantitative estimate of drug-likeness (QED) is 0.0873. The molecule has 0 heterocycles. The van der Waals surface area contributed by atoms with Crippen molar-refractivity contribution in [3.8, 4) is 11.5 Å². The van der Waals surface area contributed by atoms with E-state index in [4.69, 9.17) is 21.1 Å². The molecule has 0 fully saturated rings. The fraction of sp³-hybridized carbons (Fsp3) is 0.148. The van der Waals surface area contributed by atoms with Crippen molar-refractivity contribution >= 4 is 49.7 Å². The van der Waals surface area contributed by atoms with Crippen LogP contribution in [0.4, 0.5) is 24.5 Å². The molecule has 0 amide bonds. The van der Waals surface area contributed by atoms with Gasteiger partial charge in [-0.05, 0) is 53.6 Å². The lowest BCUT2D eigenvalue weighted by Crippen LogP contribution is -2.19. The second kappa shape index (κ2) is 12.0. The van der Waals surface area contributed by atoms with Crippen molar-refractivity contribution in [3.63, 3.8) is 0 Å². The highest BCUT2D eigenvalue weighted by atomic mass is 35.5. The molecule has 4 rings (SSSR count).